The summed E-state index contributed by atoms with van der Waals surface area (Å²) in [5, 5.41) is 10.2. The second kappa shape index (κ2) is 9.64. The van der Waals surface area contributed by atoms with E-state index in [0.29, 0.717) is 17.4 Å². The Bertz CT molecular complexity index is 1050. The molecule has 1 aromatic heterocycles. The number of carbonyl (C=O) groups is 1. The van der Waals surface area contributed by atoms with Gasteiger partial charge < -0.3 is 10.1 Å². The number of carbonyl (C=O) groups excluding carboxylic acids is 1. The summed E-state index contributed by atoms with van der Waals surface area (Å²) in [5.41, 5.74) is 2.14. The zero-order chi connectivity index (χ0) is 20.7. The number of rotatable bonds is 9. The van der Waals surface area contributed by atoms with Crippen molar-refractivity contribution in [2.45, 2.75) is 24.2 Å². The number of benzene rings is 2. The fourth-order valence-electron chi connectivity index (χ4n) is 2.59. The van der Waals surface area contributed by atoms with Crippen LogP contribution in [0, 0.1) is 0 Å². The van der Waals surface area contributed by atoms with E-state index in [2.05, 4.69) is 22.4 Å². The zero-order valence-corrected chi connectivity index (χ0v) is 17.2. The summed E-state index contributed by atoms with van der Waals surface area (Å²) in [5.74, 6) is -0.460. The minimum absolute atomic E-state index is 0.0266. The van der Waals surface area contributed by atoms with Crippen molar-refractivity contribution in [1.29, 1.82) is 0 Å². The minimum atomic E-state index is -3.73. The van der Waals surface area contributed by atoms with E-state index in [1.165, 1.54) is 29.0 Å². The minimum Gasteiger partial charge on any atom is -0.461 e. The van der Waals surface area contributed by atoms with E-state index in [1.807, 2.05) is 18.2 Å². The van der Waals surface area contributed by atoms with Crippen molar-refractivity contribution >= 4 is 38.1 Å². The van der Waals surface area contributed by atoms with Gasteiger partial charge in [0.15, 0.2) is 10.8 Å². The third kappa shape index (κ3) is 6.38. The summed E-state index contributed by atoms with van der Waals surface area (Å²) in [6.07, 6.45) is 2.68. The van der Waals surface area contributed by atoms with Crippen LogP contribution in [0.3, 0.4) is 0 Å². The Balaban J connectivity index is 1.44. The van der Waals surface area contributed by atoms with Crippen LogP contribution in [0.1, 0.15) is 28.9 Å². The topological polar surface area (TPSA) is 111 Å². The molecule has 0 radical (unpaired) electrons. The fourth-order valence-corrected chi connectivity index (χ4v) is 3.81. The van der Waals surface area contributed by atoms with E-state index < -0.39 is 16.0 Å². The van der Waals surface area contributed by atoms with Crippen LogP contribution in [0.5, 0.6) is 0 Å². The van der Waals surface area contributed by atoms with E-state index >= 15 is 0 Å². The van der Waals surface area contributed by atoms with Gasteiger partial charge in [0, 0.05) is 11.1 Å². The Morgan fingerprint density at radius 2 is 1.79 bits per heavy atom. The van der Waals surface area contributed by atoms with Crippen molar-refractivity contribution in [3.63, 3.8) is 0 Å². The number of aryl methyl sites for hydroxylation is 1. The van der Waals surface area contributed by atoms with Crippen molar-refractivity contribution in [3.8, 4) is 0 Å². The first-order chi connectivity index (χ1) is 13.9. The molecule has 0 fully saturated rings. The summed E-state index contributed by atoms with van der Waals surface area (Å²) in [7, 11) is -3.73. The predicted octanol–water partition coefficient (Wildman–Crippen LogP) is 3.71. The molecule has 29 heavy (non-hydrogen) atoms. The molecule has 0 saturated carbocycles. The number of anilines is 2. The Morgan fingerprint density at radius 1 is 1.07 bits per heavy atom. The lowest BCUT2D eigenvalue weighted by atomic mass is 10.1. The third-order valence-corrected chi connectivity index (χ3v) is 5.77. The highest BCUT2D eigenvalue weighted by Gasteiger charge is 2.13. The van der Waals surface area contributed by atoms with Gasteiger partial charge in [0.05, 0.1) is 11.5 Å². The highest BCUT2D eigenvalue weighted by Crippen LogP contribution is 2.22. The molecule has 0 unspecified atom stereocenters. The molecule has 3 N–H and O–H groups in total. The van der Waals surface area contributed by atoms with E-state index in [1.54, 1.807) is 17.5 Å². The highest BCUT2D eigenvalue weighted by molar-refractivity contribution is 7.89. The maximum atomic E-state index is 12.1. The van der Waals surface area contributed by atoms with Gasteiger partial charge in [0.25, 0.3) is 0 Å². The summed E-state index contributed by atoms with van der Waals surface area (Å²) < 4.78 is 27.8. The molecular weight excluding hydrogens is 410 g/mol. The Hall–Kier alpha value is -2.75. The maximum absolute atomic E-state index is 12.1. The number of ether oxygens (including phenoxy) is 1. The molecule has 0 aliphatic heterocycles. The fraction of sp³-hybridized carbons (Fsp3) is 0.200. The average Bonchev–Trinajstić information content (AvgIpc) is 3.17. The smallest absolute Gasteiger partial charge is 0.357 e. The normalized spacial score (nSPS) is 11.2. The lowest BCUT2D eigenvalue weighted by molar-refractivity contribution is 0.0492. The Morgan fingerprint density at radius 3 is 2.48 bits per heavy atom. The molecule has 0 saturated heterocycles. The van der Waals surface area contributed by atoms with Crippen molar-refractivity contribution in [3.05, 3.63) is 71.2 Å². The summed E-state index contributed by atoms with van der Waals surface area (Å²) in [6.45, 7) is 0.348. The van der Waals surface area contributed by atoms with Gasteiger partial charge in [0.2, 0.25) is 10.0 Å². The van der Waals surface area contributed by atoms with Crippen LogP contribution in [0.2, 0.25) is 0 Å². The summed E-state index contributed by atoms with van der Waals surface area (Å²) in [6, 6.07) is 16.1. The number of nitrogens with two attached hydrogens (primary N) is 1. The van der Waals surface area contributed by atoms with Gasteiger partial charge in [-0.25, -0.2) is 23.3 Å². The van der Waals surface area contributed by atoms with Crippen LogP contribution >= 0.6 is 11.3 Å². The first-order valence-corrected chi connectivity index (χ1v) is 11.4. The van der Waals surface area contributed by atoms with Crippen molar-refractivity contribution < 1.29 is 17.9 Å². The van der Waals surface area contributed by atoms with Crippen LogP contribution in [0.15, 0.2) is 64.9 Å². The second-order valence-electron chi connectivity index (χ2n) is 6.31. The molecule has 0 spiro atoms. The van der Waals surface area contributed by atoms with Crippen LogP contribution < -0.4 is 10.5 Å². The molecule has 0 aliphatic carbocycles. The Labute approximate surface area is 173 Å². The van der Waals surface area contributed by atoms with Crippen molar-refractivity contribution in [1.82, 2.24) is 4.98 Å². The predicted molar refractivity (Wildman–Crippen MR) is 113 cm³/mol. The van der Waals surface area contributed by atoms with Crippen LogP contribution in [0.4, 0.5) is 10.8 Å². The molecule has 0 aliphatic rings. The van der Waals surface area contributed by atoms with Crippen LogP contribution in [-0.4, -0.2) is 26.0 Å². The number of esters is 1. The molecule has 7 nitrogen and oxygen atoms in total. The number of nitrogens with one attached hydrogen (secondary N) is 1. The van der Waals surface area contributed by atoms with Gasteiger partial charge >= 0.3 is 5.97 Å². The molecule has 152 valence electrons. The molecule has 3 rings (SSSR count). The Kier molecular flexibility index (Phi) is 6.97. The van der Waals surface area contributed by atoms with E-state index in [0.717, 1.165) is 19.3 Å². The van der Waals surface area contributed by atoms with Crippen LogP contribution in [-0.2, 0) is 21.2 Å². The van der Waals surface area contributed by atoms with Crippen molar-refractivity contribution in [2.24, 2.45) is 5.14 Å². The summed E-state index contributed by atoms with van der Waals surface area (Å²) in [4.78, 5) is 16.4. The number of sulfonamides is 1. The maximum Gasteiger partial charge on any atom is 0.357 e. The largest absolute Gasteiger partial charge is 0.461 e. The molecule has 2 aromatic carbocycles. The number of hydrogen-bond donors (Lipinski definition) is 2. The molecule has 9 heteroatoms. The molecule has 0 amide bonds. The summed E-state index contributed by atoms with van der Waals surface area (Å²) >= 11 is 1.26. The molecular formula is C20H21N3O4S2. The van der Waals surface area contributed by atoms with Crippen LogP contribution in [0.25, 0.3) is 0 Å². The molecule has 0 bridgehead atoms. The van der Waals surface area contributed by atoms with Gasteiger partial charge in [0.1, 0.15) is 0 Å². The number of aromatic nitrogens is 1. The molecule has 3 aromatic rings. The van der Waals surface area contributed by atoms with E-state index in [9.17, 15) is 13.2 Å². The lowest BCUT2D eigenvalue weighted by Crippen LogP contribution is -2.11. The SMILES string of the molecule is NS(=O)(=O)c1ccc(Nc2nc(C(=O)OCCCCc3ccccc3)cs2)cc1. The monoisotopic (exact) mass is 431 g/mol. The standard InChI is InChI=1S/C20H21N3O4S2/c21-29(25,26)17-11-9-16(10-12-17)22-20-23-18(14-28-20)19(24)27-13-5-4-8-15-6-2-1-3-7-15/h1-3,6-7,9-12,14H,4-5,8,13H2,(H,22,23)(H2,21,25,26). The van der Waals surface area contributed by atoms with Gasteiger partial charge in [-0.3, -0.25) is 0 Å². The number of hydrogen-bond acceptors (Lipinski definition) is 7. The third-order valence-electron chi connectivity index (χ3n) is 4.08. The van der Waals surface area contributed by atoms with Gasteiger partial charge in [-0.05, 0) is 49.1 Å². The van der Waals surface area contributed by atoms with Crippen molar-refractivity contribution in [2.75, 3.05) is 11.9 Å². The number of unbranched alkanes of at least 4 members (excludes halogenated alkanes) is 1. The number of thiazole rings is 1. The van der Waals surface area contributed by atoms with E-state index in [-0.39, 0.29) is 10.6 Å². The second-order valence-corrected chi connectivity index (χ2v) is 8.73. The number of nitrogens with zero attached hydrogens (tertiary/aromatic N) is 1. The van der Waals surface area contributed by atoms with Gasteiger partial charge in [-0.1, -0.05) is 30.3 Å². The average molecular weight is 432 g/mol. The molecule has 1 heterocycles. The molecule has 0 atom stereocenters. The lowest BCUT2D eigenvalue weighted by Gasteiger charge is -2.04. The quantitative estimate of drug-likeness (QED) is 0.395. The zero-order valence-electron chi connectivity index (χ0n) is 15.6. The first kappa shape index (κ1) is 21.0. The highest BCUT2D eigenvalue weighted by atomic mass is 32.2. The van der Waals surface area contributed by atoms with Gasteiger partial charge in [-0.2, -0.15) is 0 Å². The first-order valence-electron chi connectivity index (χ1n) is 8.98. The number of primary sulfonamides is 1. The van der Waals surface area contributed by atoms with E-state index in [4.69, 9.17) is 9.88 Å². The van der Waals surface area contributed by atoms with Gasteiger partial charge in [-0.15, -0.1) is 11.3 Å².